The van der Waals surface area contributed by atoms with Crippen LogP contribution in [0.1, 0.15) is 28.8 Å². The maximum atomic E-state index is 14.0. The van der Waals surface area contributed by atoms with E-state index in [1.165, 1.54) is 6.07 Å². The Labute approximate surface area is 187 Å². The molecule has 168 valence electrons. The van der Waals surface area contributed by atoms with E-state index in [1.54, 1.807) is 59.6 Å². The number of anilines is 2. The number of carbonyl (C=O) groups excluding carboxylic acids is 1. The zero-order chi connectivity index (χ0) is 22.9. The van der Waals surface area contributed by atoms with Crippen molar-refractivity contribution >= 4 is 28.4 Å². The largest absolute Gasteiger partial charge is 0.368 e. The van der Waals surface area contributed by atoms with E-state index in [4.69, 9.17) is 0 Å². The minimum atomic E-state index is -2.75. The summed E-state index contributed by atoms with van der Waals surface area (Å²) in [5.41, 5.74) is 1.79. The van der Waals surface area contributed by atoms with Gasteiger partial charge in [0.15, 0.2) is 0 Å². The minimum Gasteiger partial charge on any atom is -0.368 e. The zero-order valence-corrected chi connectivity index (χ0v) is 17.4. The summed E-state index contributed by atoms with van der Waals surface area (Å²) in [6, 6.07) is 14.8. The zero-order valence-electron chi connectivity index (χ0n) is 17.4. The summed E-state index contributed by atoms with van der Waals surface area (Å²) in [5.74, 6) is 0.217. The van der Waals surface area contributed by atoms with Gasteiger partial charge in [0.2, 0.25) is 0 Å². The predicted octanol–water partition coefficient (Wildman–Crippen LogP) is 5.36. The van der Waals surface area contributed by atoms with Crippen LogP contribution < -0.4 is 10.2 Å². The maximum Gasteiger partial charge on any atom is 0.264 e. The van der Waals surface area contributed by atoms with Gasteiger partial charge in [-0.3, -0.25) is 4.79 Å². The Morgan fingerprint density at radius 3 is 2.76 bits per heavy atom. The summed E-state index contributed by atoms with van der Waals surface area (Å²) in [7, 11) is 0. The Hall–Kier alpha value is -3.88. The van der Waals surface area contributed by atoms with Crippen LogP contribution in [-0.2, 0) is 0 Å². The molecule has 9 heteroatoms. The van der Waals surface area contributed by atoms with Crippen LogP contribution in [0.2, 0.25) is 0 Å². The number of rotatable bonds is 5. The number of carbonyl (C=O) groups is 1. The van der Waals surface area contributed by atoms with Crippen molar-refractivity contribution in [1.29, 1.82) is 0 Å². The molecule has 3 heterocycles. The van der Waals surface area contributed by atoms with Crippen molar-refractivity contribution in [3.05, 3.63) is 71.9 Å². The number of aromatic amines is 1. The van der Waals surface area contributed by atoms with Gasteiger partial charge in [0.1, 0.15) is 23.3 Å². The molecule has 2 aromatic carbocycles. The average Bonchev–Trinajstić information content (AvgIpc) is 3.45. The molecule has 1 amide bonds. The van der Waals surface area contributed by atoms with E-state index in [9.17, 15) is 18.0 Å². The summed E-state index contributed by atoms with van der Waals surface area (Å²) >= 11 is 0. The molecule has 2 N–H and O–H groups in total. The minimum absolute atomic E-state index is 0.196. The molecule has 1 aliphatic rings. The lowest BCUT2D eigenvalue weighted by atomic mass is 10.1. The SMILES string of the molecule is O=C(Nc1ccccn1)c1cccc2[nH]c(-c3ccc(N4CCC(F)C4)cc3C(F)F)nc12. The van der Waals surface area contributed by atoms with Crippen molar-refractivity contribution < 1.29 is 18.0 Å². The Bertz CT molecular complexity index is 1310. The molecule has 33 heavy (non-hydrogen) atoms. The van der Waals surface area contributed by atoms with Gasteiger partial charge in [0.25, 0.3) is 12.3 Å². The van der Waals surface area contributed by atoms with Gasteiger partial charge >= 0.3 is 0 Å². The molecule has 1 fully saturated rings. The number of hydrogen-bond acceptors (Lipinski definition) is 4. The first-order chi connectivity index (χ1) is 16.0. The monoisotopic (exact) mass is 451 g/mol. The molecule has 0 radical (unpaired) electrons. The number of fused-ring (bicyclic) bond motifs is 1. The molecule has 0 saturated carbocycles. The van der Waals surface area contributed by atoms with E-state index in [0.717, 1.165) is 0 Å². The Kier molecular flexibility index (Phi) is 5.45. The highest BCUT2D eigenvalue weighted by molar-refractivity contribution is 6.11. The smallest absolute Gasteiger partial charge is 0.264 e. The maximum absolute atomic E-state index is 14.0. The van der Waals surface area contributed by atoms with Crippen molar-refractivity contribution in [2.24, 2.45) is 0 Å². The standard InChI is InChI=1S/C24H20F3N5O/c25-14-9-11-32(13-14)15-7-8-16(18(12-15)22(26)27)23-29-19-5-3-4-17(21(19)31-23)24(33)30-20-6-1-2-10-28-20/h1-8,10,12,14,22H,9,11,13H2,(H,29,31)(H,28,30,33). The predicted molar refractivity (Wildman–Crippen MR) is 120 cm³/mol. The van der Waals surface area contributed by atoms with Crippen LogP contribution in [0, 0.1) is 0 Å². The van der Waals surface area contributed by atoms with Gasteiger partial charge in [-0.15, -0.1) is 0 Å². The van der Waals surface area contributed by atoms with Crippen molar-refractivity contribution in [3.63, 3.8) is 0 Å². The molecule has 0 spiro atoms. The quantitative estimate of drug-likeness (QED) is 0.428. The highest BCUT2D eigenvalue weighted by Gasteiger charge is 2.25. The lowest BCUT2D eigenvalue weighted by molar-refractivity contribution is 0.102. The lowest BCUT2D eigenvalue weighted by Crippen LogP contribution is -2.20. The van der Waals surface area contributed by atoms with Gasteiger partial charge in [-0.1, -0.05) is 12.1 Å². The molecular weight excluding hydrogens is 431 g/mol. The molecule has 1 unspecified atom stereocenters. The van der Waals surface area contributed by atoms with Crippen LogP contribution in [0.5, 0.6) is 0 Å². The highest BCUT2D eigenvalue weighted by atomic mass is 19.3. The van der Waals surface area contributed by atoms with Crippen molar-refractivity contribution in [2.45, 2.75) is 19.0 Å². The second-order valence-corrected chi connectivity index (χ2v) is 7.86. The fourth-order valence-corrected chi connectivity index (χ4v) is 4.06. The number of amides is 1. The number of benzene rings is 2. The first kappa shape index (κ1) is 21.0. The van der Waals surface area contributed by atoms with Crippen LogP contribution in [0.15, 0.2) is 60.8 Å². The molecule has 1 saturated heterocycles. The fraction of sp³-hybridized carbons (Fsp3) is 0.208. The van der Waals surface area contributed by atoms with Crippen molar-refractivity contribution in [1.82, 2.24) is 15.0 Å². The summed E-state index contributed by atoms with van der Waals surface area (Å²) in [6.07, 6.45) is -1.75. The van der Waals surface area contributed by atoms with Crippen LogP contribution in [0.4, 0.5) is 24.7 Å². The third kappa shape index (κ3) is 4.13. The third-order valence-electron chi connectivity index (χ3n) is 5.69. The van der Waals surface area contributed by atoms with E-state index in [2.05, 4.69) is 20.3 Å². The molecule has 6 nitrogen and oxygen atoms in total. The first-order valence-electron chi connectivity index (χ1n) is 10.5. The average molecular weight is 451 g/mol. The number of alkyl halides is 3. The summed E-state index contributed by atoms with van der Waals surface area (Å²) in [5, 5.41) is 2.71. The van der Waals surface area contributed by atoms with Gasteiger partial charge < -0.3 is 15.2 Å². The van der Waals surface area contributed by atoms with Crippen LogP contribution in [-0.4, -0.2) is 40.1 Å². The van der Waals surface area contributed by atoms with E-state index in [-0.39, 0.29) is 23.5 Å². The number of nitrogens with one attached hydrogen (secondary N) is 2. The fourth-order valence-electron chi connectivity index (χ4n) is 4.06. The molecule has 0 bridgehead atoms. The first-order valence-corrected chi connectivity index (χ1v) is 10.5. The summed E-state index contributed by atoms with van der Waals surface area (Å²) in [6.45, 7) is 0.685. The Balaban J connectivity index is 1.51. The molecule has 0 aliphatic carbocycles. The lowest BCUT2D eigenvalue weighted by Gasteiger charge is -2.19. The van der Waals surface area contributed by atoms with Gasteiger partial charge in [-0.05, 0) is 48.9 Å². The van der Waals surface area contributed by atoms with Gasteiger partial charge in [0.05, 0.1) is 11.1 Å². The summed E-state index contributed by atoms with van der Waals surface area (Å²) in [4.78, 5) is 26.2. The second kappa shape index (κ2) is 8.57. The number of H-pyrrole nitrogens is 1. The number of hydrogen-bond donors (Lipinski definition) is 2. The molecular formula is C24H20F3N5O. The van der Waals surface area contributed by atoms with E-state index < -0.39 is 18.5 Å². The molecule has 1 atom stereocenters. The van der Waals surface area contributed by atoms with Crippen molar-refractivity contribution in [3.8, 4) is 11.4 Å². The molecule has 4 aromatic rings. The van der Waals surface area contributed by atoms with Crippen molar-refractivity contribution in [2.75, 3.05) is 23.3 Å². The Morgan fingerprint density at radius 2 is 2.03 bits per heavy atom. The second-order valence-electron chi connectivity index (χ2n) is 7.86. The number of nitrogens with zero attached hydrogens (tertiary/aromatic N) is 3. The van der Waals surface area contributed by atoms with E-state index >= 15 is 0 Å². The van der Waals surface area contributed by atoms with Crippen LogP contribution in [0.25, 0.3) is 22.4 Å². The van der Waals surface area contributed by atoms with Gasteiger partial charge in [-0.25, -0.2) is 23.1 Å². The number of aromatic nitrogens is 3. The normalized spacial score (nSPS) is 16.0. The van der Waals surface area contributed by atoms with Crippen LogP contribution >= 0.6 is 0 Å². The summed E-state index contributed by atoms with van der Waals surface area (Å²) < 4.78 is 41.5. The topological polar surface area (TPSA) is 73.9 Å². The number of imidazole rings is 1. The van der Waals surface area contributed by atoms with Gasteiger partial charge in [0, 0.05) is 36.1 Å². The molecule has 2 aromatic heterocycles. The number of para-hydroxylation sites is 1. The molecule has 1 aliphatic heterocycles. The Morgan fingerprint density at radius 1 is 1.15 bits per heavy atom. The number of pyridine rings is 1. The van der Waals surface area contributed by atoms with E-state index in [0.29, 0.717) is 41.1 Å². The van der Waals surface area contributed by atoms with E-state index in [1.807, 2.05) is 0 Å². The third-order valence-corrected chi connectivity index (χ3v) is 5.69. The van der Waals surface area contributed by atoms with Gasteiger partial charge in [-0.2, -0.15) is 0 Å². The molecule has 5 rings (SSSR count). The highest BCUT2D eigenvalue weighted by Crippen LogP contribution is 2.35. The van der Waals surface area contributed by atoms with Crippen LogP contribution in [0.3, 0.4) is 0 Å². The number of halogens is 3.